The Balaban J connectivity index is 2.00. The van der Waals surface area contributed by atoms with Crippen molar-refractivity contribution in [2.45, 2.75) is 20.4 Å². The van der Waals surface area contributed by atoms with E-state index in [0.29, 0.717) is 5.69 Å². The van der Waals surface area contributed by atoms with Gasteiger partial charge in [0, 0.05) is 0 Å². The molecule has 9 nitrogen and oxygen atoms in total. The third kappa shape index (κ3) is 2.75. The summed E-state index contributed by atoms with van der Waals surface area (Å²) in [6, 6.07) is 0. The largest absolute Gasteiger partial charge is 0.367 e. The van der Waals surface area contributed by atoms with E-state index in [1.54, 1.807) is 13.8 Å². The number of nitrogens with two attached hydrogens (primary N) is 1. The maximum atomic E-state index is 11.6. The van der Waals surface area contributed by atoms with Crippen LogP contribution < -0.4 is 11.1 Å². The monoisotopic (exact) mass is 248 g/mol. The number of nitrogens with one attached hydrogen (secondary N) is 1. The predicted octanol–water partition coefficient (Wildman–Crippen LogP) is -0.699. The quantitative estimate of drug-likeness (QED) is 0.735. The lowest BCUT2D eigenvalue weighted by molar-refractivity contribution is -0.117. The van der Waals surface area contributed by atoms with Crippen molar-refractivity contribution in [3.05, 3.63) is 17.7 Å². The van der Waals surface area contributed by atoms with Crippen LogP contribution in [0.1, 0.15) is 11.4 Å². The molecule has 2 rings (SSSR count). The maximum absolute atomic E-state index is 11.6. The molecule has 0 saturated heterocycles. The van der Waals surface area contributed by atoms with Gasteiger partial charge in [0.05, 0.1) is 11.4 Å². The molecule has 0 spiro atoms. The average molecular weight is 248 g/mol. The molecule has 0 radical (unpaired) electrons. The van der Waals surface area contributed by atoms with Crippen LogP contribution in [-0.4, -0.2) is 35.9 Å². The van der Waals surface area contributed by atoms with Crippen molar-refractivity contribution in [2.24, 2.45) is 0 Å². The van der Waals surface area contributed by atoms with Crippen LogP contribution in [0.25, 0.3) is 0 Å². The number of carbonyl (C=O) groups is 1. The third-order valence-electron chi connectivity index (χ3n) is 2.20. The Hall–Kier alpha value is -2.58. The summed E-state index contributed by atoms with van der Waals surface area (Å²) in [6.45, 7) is 3.57. The first-order valence-electron chi connectivity index (χ1n) is 5.17. The lowest BCUT2D eigenvalue weighted by Crippen LogP contribution is -2.21. The average Bonchev–Trinajstić information content (AvgIpc) is 2.69. The van der Waals surface area contributed by atoms with Gasteiger partial charge in [-0.3, -0.25) is 10.1 Å². The van der Waals surface area contributed by atoms with E-state index >= 15 is 0 Å². The Labute approximate surface area is 102 Å². The molecule has 9 heteroatoms. The second-order valence-electron chi connectivity index (χ2n) is 3.65. The summed E-state index contributed by atoms with van der Waals surface area (Å²) in [5.41, 5.74) is 6.77. The van der Waals surface area contributed by atoms with E-state index < -0.39 is 0 Å². The molecule has 94 valence electrons. The van der Waals surface area contributed by atoms with Gasteiger partial charge in [0.2, 0.25) is 17.8 Å². The van der Waals surface area contributed by atoms with Crippen molar-refractivity contribution in [1.82, 2.24) is 29.9 Å². The van der Waals surface area contributed by atoms with Crippen molar-refractivity contribution in [3.8, 4) is 0 Å². The predicted molar refractivity (Wildman–Crippen MR) is 62.4 cm³/mol. The van der Waals surface area contributed by atoms with Gasteiger partial charge in [-0.15, -0.1) is 10.2 Å². The number of aromatic nitrogens is 6. The molecule has 18 heavy (non-hydrogen) atoms. The summed E-state index contributed by atoms with van der Waals surface area (Å²) in [5.74, 6) is -0.0481. The molecule has 2 aromatic rings. The van der Waals surface area contributed by atoms with Crippen LogP contribution in [0, 0.1) is 13.8 Å². The van der Waals surface area contributed by atoms with Gasteiger partial charge in [-0.25, -0.2) is 14.6 Å². The highest BCUT2D eigenvalue weighted by Crippen LogP contribution is 2.02. The topological polar surface area (TPSA) is 124 Å². The summed E-state index contributed by atoms with van der Waals surface area (Å²) >= 11 is 0. The van der Waals surface area contributed by atoms with E-state index in [9.17, 15) is 4.79 Å². The fourth-order valence-electron chi connectivity index (χ4n) is 1.21. The first kappa shape index (κ1) is 11.9. The van der Waals surface area contributed by atoms with E-state index in [0.717, 1.165) is 5.69 Å². The number of aryl methyl sites for hydroxylation is 2. The van der Waals surface area contributed by atoms with Crippen molar-refractivity contribution in [1.29, 1.82) is 0 Å². The molecule has 0 aliphatic heterocycles. The Bertz CT molecular complexity index is 578. The molecule has 2 aromatic heterocycles. The number of nitrogens with zero attached hydrogens (tertiary/aromatic N) is 6. The van der Waals surface area contributed by atoms with Crippen LogP contribution in [0.3, 0.4) is 0 Å². The van der Waals surface area contributed by atoms with Crippen molar-refractivity contribution < 1.29 is 4.79 Å². The summed E-state index contributed by atoms with van der Waals surface area (Å²) in [4.78, 5) is 19.4. The van der Waals surface area contributed by atoms with Gasteiger partial charge in [0.25, 0.3) is 0 Å². The summed E-state index contributed by atoms with van der Waals surface area (Å²) in [5, 5.41) is 13.9. The molecule has 0 fully saturated rings. The number of hydrogen-bond acceptors (Lipinski definition) is 7. The Morgan fingerprint density at radius 2 is 2.17 bits per heavy atom. The van der Waals surface area contributed by atoms with Crippen LogP contribution >= 0.6 is 0 Å². The minimum atomic E-state index is -0.329. The zero-order chi connectivity index (χ0) is 13.1. The molecule has 0 atom stereocenters. The minimum Gasteiger partial charge on any atom is -0.367 e. The molecular weight excluding hydrogens is 236 g/mol. The zero-order valence-electron chi connectivity index (χ0n) is 9.95. The van der Waals surface area contributed by atoms with Gasteiger partial charge in [-0.05, 0) is 13.8 Å². The lowest BCUT2D eigenvalue weighted by Gasteiger charge is -2.04. The highest BCUT2D eigenvalue weighted by molar-refractivity contribution is 5.88. The molecule has 3 N–H and O–H groups in total. The zero-order valence-corrected chi connectivity index (χ0v) is 9.95. The lowest BCUT2D eigenvalue weighted by atomic mass is 10.4. The number of anilines is 2. The first-order chi connectivity index (χ1) is 8.54. The molecule has 0 aliphatic rings. The van der Waals surface area contributed by atoms with E-state index in [1.807, 2.05) is 0 Å². The molecule has 0 aromatic carbocycles. The van der Waals surface area contributed by atoms with Crippen molar-refractivity contribution in [3.63, 3.8) is 0 Å². The van der Waals surface area contributed by atoms with E-state index in [1.165, 1.54) is 11.0 Å². The molecule has 1 amide bonds. The number of hydrogen-bond donors (Lipinski definition) is 2. The van der Waals surface area contributed by atoms with Gasteiger partial charge in [-0.1, -0.05) is 0 Å². The van der Waals surface area contributed by atoms with Gasteiger partial charge >= 0.3 is 0 Å². The molecule has 2 heterocycles. The van der Waals surface area contributed by atoms with E-state index in [2.05, 4.69) is 30.6 Å². The second-order valence-corrected chi connectivity index (χ2v) is 3.65. The van der Waals surface area contributed by atoms with Gasteiger partial charge in [-0.2, -0.15) is 5.10 Å². The number of amides is 1. The fourth-order valence-corrected chi connectivity index (χ4v) is 1.21. The van der Waals surface area contributed by atoms with Crippen LogP contribution in [0.15, 0.2) is 6.33 Å². The van der Waals surface area contributed by atoms with Crippen LogP contribution in [-0.2, 0) is 11.3 Å². The SMILES string of the molecule is Cc1nnc(NC(=O)Cn2cnc(N)n2)nc1C. The fraction of sp³-hybridized carbons (Fsp3) is 0.333. The van der Waals surface area contributed by atoms with Gasteiger partial charge < -0.3 is 5.73 Å². The number of carbonyl (C=O) groups excluding carboxylic acids is 1. The van der Waals surface area contributed by atoms with Crippen molar-refractivity contribution >= 4 is 17.8 Å². The van der Waals surface area contributed by atoms with Gasteiger partial charge in [0.1, 0.15) is 12.9 Å². The number of rotatable bonds is 3. The minimum absolute atomic E-state index is 0.0134. The Kier molecular flexibility index (Phi) is 3.13. The molecular formula is C9H12N8O. The molecule has 0 unspecified atom stereocenters. The standard InChI is InChI=1S/C9H12N8O/c1-5-6(2)14-15-9(12-5)13-7(18)3-17-4-11-8(10)16-17/h4H,3H2,1-2H3,(H2,10,16)(H,12,13,15,18). The number of nitrogen functional groups attached to an aromatic ring is 1. The third-order valence-corrected chi connectivity index (χ3v) is 2.20. The molecule has 0 saturated carbocycles. The Morgan fingerprint density at radius 1 is 1.39 bits per heavy atom. The highest BCUT2D eigenvalue weighted by atomic mass is 16.2. The summed E-state index contributed by atoms with van der Waals surface area (Å²) in [6.07, 6.45) is 1.37. The smallest absolute Gasteiger partial charge is 0.249 e. The van der Waals surface area contributed by atoms with Gasteiger partial charge in [0.15, 0.2) is 0 Å². The van der Waals surface area contributed by atoms with E-state index in [4.69, 9.17) is 5.73 Å². The second kappa shape index (κ2) is 4.73. The summed E-state index contributed by atoms with van der Waals surface area (Å²) < 4.78 is 1.32. The van der Waals surface area contributed by atoms with Crippen molar-refractivity contribution in [2.75, 3.05) is 11.1 Å². The highest BCUT2D eigenvalue weighted by Gasteiger charge is 2.08. The normalized spacial score (nSPS) is 10.3. The summed E-state index contributed by atoms with van der Waals surface area (Å²) in [7, 11) is 0. The molecule has 0 bridgehead atoms. The van der Waals surface area contributed by atoms with E-state index in [-0.39, 0.29) is 24.3 Å². The van der Waals surface area contributed by atoms with Crippen LogP contribution in [0.2, 0.25) is 0 Å². The first-order valence-corrected chi connectivity index (χ1v) is 5.17. The van der Waals surface area contributed by atoms with Crippen LogP contribution in [0.4, 0.5) is 11.9 Å². The van der Waals surface area contributed by atoms with Crippen LogP contribution in [0.5, 0.6) is 0 Å². The maximum Gasteiger partial charge on any atom is 0.249 e. The molecule has 0 aliphatic carbocycles. The Morgan fingerprint density at radius 3 is 2.78 bits per heavy atom.